The number of nitrogens with zero attached hydrogens (tertiary/aromatic N) is 3. The van der Waals surface area contributed by atoms with E-state index in [9.17, 15) is 18.0 Å². The van der Waals surface area contributed by atoms with Crippen molar-refractivity contribution in [2.24, 2.45) is 0 Å². The van der Waals surface area contributed by atoms with Crippen LogP contribution in [-0.2, 0) is 15.7 Å². The van der Waals surface area contributed by atoms with Crippen molar-refractivity contribution in [1.82, 2.24) is 15.2 Å². The van der Waals surface area contributed by atoms with Gasteiger partial charge in [-0.05, 0) is 19.0 Å². The summed E-state index contributed by atoms with van der Waals surface area (Å²) in [5, 5.41) is 6.29. The van der Waals surface area contributed by atoms with E-state index in [1.54, 1.807) is 4.90 Å². The number of carbonyl (C=O) groups excluding carboxylic acids is 1. The number of anilines is 2. The first-order chi connectivity index (χ1) is 12.9. The predicted molar refractivity (Wildman–Crippen MR) is 92.4 cm³/mol. The number of aromatic nitrogens is 1. The minimum absolute atomic E-state index is 0.00193. The second-order valence-electron chi connectivity index (χ2n) is 7.05. The molecule has 2 N–H and O–H groups in total. The number of carbonyl (C=O) groups is 1. The Hall–Kier alpha value is -2.07. The molecular weight excluding hydrogens is 363 g/mol. The van der Waals surface area contributed by atoms with Crippen LogP contribution in [0.25, 0.3) is 0 Å². The van der Waals surface area contributed by atoms with Crippen LogP contribution < -0.4 is 15.5 Å². The molecule has 2 atom stereocenters. The zero-order chi connectivity index (χ0) is 19.0. The maximum absolute atomic E-state index is 12.9. The summed E-state index contributed by atoms with van der Waals surface area (Å²) < 4.78 is 44.1. The molecule has 10 heteroatoms. The lowest BCUT2D eigenvalue weighted by molar-refractivity contribution is -0.137. The lowest BCUT2D eigenvalue weighted by Crippen LogP contribution is -2.55. The summed E-state index contributed by atoms with van der Waals surface area (Å²) in [6.07, 6.45) is -2.41. The number of piperazine rings is 1. The highest BCUT2D eigenvalue weighted by Crippen LogP contribution is 2.38. The summed E-state index contributed by atoms with van der Waals surface area (Å²) in [5.41, 5.74) is -0.417. The fourth-order valence-electron chi connectivity index (χ4n) is 3.55. The third kappa shape index (κ3) is 3.81. The largest absolute Gasteiger partial charge is 0.417 e. The van der Waals surface area contributed by atoms with Gasteiger partial charge in [0.1, 0.15) is 6.17 Å². The molecule has 0 saturated carbocycles. The second-order valence-corrected chi connectivity index (χ2v) is 7.05. The van der Waals surface area contributed by atoms with Gasteiger partial charge in [-0.1, -0.05) is 0 Å². The number of pyridine rings is 1. The predicted octanol–water partition coefficient (Wildman–Crippen LogP) is 1.27. The summed E-state index contributed by atoms with van der Waals surface area (Å²) in [4.78, 5) is 20.0. The van der Waals surface area contributed by atoms with E-state index in [0.717, 1.165) is 25.2 Å². The van der Waals surface area contributed by atoms with Gasteiger partial charge < -0.3 is 25.2 Å². The third-order valence-electron chi connectivity index (χ3n) is 5.23. The van der Waals surface area contributed by atoms with Crippen LogP contribution in [0.3, 0.4) is 0 Å². The van der Waals surface area contributed by atoms with Crippen LogP contribution in [0, 0.1) is 0 Å². The van der Waals surface area contributed by atoms with Crippen molar-refractivity contribution in [2.45, 2.75) is 31.2 Å². The lowest BCUT2D eigenvalue weighted by Gasteiger charge is -2.38. The molecule has 1 aromatic heterocycles. The summed E-state index contributed by atoms with van der Waals surface area (Å²) >= 11 is 0. The highest BCUT2D eigenvalue weighted by atomic mass is 19.4. The number of alkyl halides is 3. The number of nitrogens with one attached hydrogen (secondary N) is 2. The maximum atomic E-state index is 12.9. The van der Waals surface area contributed by atoms with Crippen LogP contribution in [0.5, 0.6) is 0 Å². The Kier molecular flexibility index (Phi) is 4.85. The number of halogens is 3. The molecule has 2 unspecified atom stereocenters. The Bertz CT molecular complexity index is 710. The molecule has 0 aliphatic carbocycles. The van der Waals surface area contributed by atoms with E-state index >= 15 is 0 Å². The number of amides is 1. The number of fused-ring (bicyclic) bond motifs is 3. The summed E-state index contributed by atoms with van der Waals surface area (Å²) in [6.45, 7) is 3.47. The van der Waals surface area contributed by atoms with Crippen LogP contribution >= 0.6 is 0 Å². The van der Waals surface area contributed by atoms with E-state index in [2.05, 4.69) is 15.6 Å². The Labute approximate surface area is 154 Å². The molecule has 1 amide bonds. The smallest absolute Gasteiger partial charge is 0.379 e. The molecule has 1 aromatic rings. The van der Waals surface area contributed by atoms with Crippen LogP contribution in [0.1, 0.15) is 18.4 Å². The quantitative estimate of drug-likeness (QED) is 0.744. The van der Waals surface area contributed by atoms with Crippen molar-refractivity contribution in [2.75, 3.05) is 49.6 Å². The normalized spacial score (nSPS) is 24.1. The molecule has 27 heavy (non-hydrogen) atoms. The van der Waals surface area contributed by atoms with Crippen molar-refractivity contribution < 1.29 is 22.7 Å². The van der Waals surface area contributed by atoms with Crippen molar-refractivity contribution in [1.29, 1.82) is 0 Å². The van der Waals surface area contributed by atoms with Gasteiger partial charge in [-0.2, -0.15) is 13.2 Å². The molecule has 2 saturated heterocycles. The van der Waals surface area contributed by atoms with Gasteiger partial charge in [0.15, 0.2) is 5.82 Å². The van der Waals surface area contributed by atoms with Gasteiger partial charge >= 0.3 is 6.18 Å². The van der Waals surface area contributed by atoms with Gasteiger partial charge in [0.05, 0.1) is 37.4 Å². The van der Waals surface area contributed by atoms with Gasteiger partial charge in [-0.25, -0.2) is 4.98 Å². The Balaban J connectivity index is 1.30. The van der Waals surface area contributed by atoms with Crippen LogP contribution in [0.2, 0.25) is 0 Å². The van der Waals surface area contributed by atoms with Crippen molar-refractivity contribution in [3.63, 3.8) is 0 Å². The number of hydrogen-bond acceptors (Lipinski definition) is 6. The number of hydrogen-bond donors (Lipinski definition) is 2. The minimum atomic E-state index is -4.43. The highest BCUT2D eigenvalue weighted by Gasteiger charge is 2.39. The first kappa shape index (κ1) is 18.3. The Morgan fingerprint density at radius 1 is 1.37 bits per heavy atom. The van der Waals surface area contributed by atoms with E-state index in [1.165, 1.54) is 0 Å². The average Bonchev–Trinajstić information content (AvgIpc) is 2.95. The monoisotopic (exact) mass is 385 g/mol. The van der Waals surface area contributed by atoms with Gasteiger partial charge in [0.25, 0.3) is 0 Å². The minimum Gasteiger partial charge on any atom is -0.379 e. The first-order valence-electron chi connectivity index (χ1n) is 9.11. The molecule has 3 aliphatic rings. The van der Waals surface area contributed by atoms with Gasteiger partial charge in [0, 0.05) is 25.3 Å². The summed E-state index contributed by atoms with van der Waals surface area (Å²) in [5.74, 6) is 0.509. The van der Waals surface area contributed by atoms with E-state index in [-0.39, 0.29) is 12.1 Å². The zero-order valence-corrected chi connectivity index (χ0v) is 14.8. The van der Waals surface area contributed by atoms with E-state index in [0.29, 0.717) is 56.8 Å². The molecule has 148 valence electrons. The Morgan fingerprint density at radius 3 is 2.89 bits per heavy atom. The molecule has 4 heterocycles. The topological polar surface area (TPSA) is 69.7 Å². The molecule has 4 rings (SSSR count). The molecule has 0 bridgehead atoms. The second kappa shape index (κ2) is 7.16. The number of ether oxygens (including phenoxy) is 1. The van der Waals surface area contributed by atoms with Crippen LogP contribution in [-0.4, -0.2) is 67.4 Å². The van der Waals surface area contributed by atoms with Crippen LogP contribution in [0.15, 0.2) is 12.3 Å². The average molecular weight is 385 g/mol. The summed E-state index contributed by atoms with van der Waals surface area (Å²) in [6, 6.07) is 1.48. The van der Waals surface area contributed by atoms with Gasteiger partial charge in [-0.3, -0.25) is 4.79 Å². The fourth-order valence-corrected chi connectivity index (χ4v) is 3.55. The summed E-state index contributed by atoms with van der Waals surface area (Å²) in [7, 11) is 0. The lowest BCUT2D eigenvalue weighted by atomic mass is 10.1. The van der Waals surface area contributed by atoms with E-state index in [4.69, 9.17) is 4.74 Å². The molecule has 2 fully saturated rings. The van der Waals surface area contributed by atoms with Crippen LogP contribution in [0.4, 0.5) is 24.7 Å². The van der Waals surface area contributed by atoms with Crippen molar-refractivity contribution in [3.05, 3.63) is 17.8 Å². The van der Waals surface area contributed by atoms with Crippen molar-refractivity contribution in [3.8, 4) is 0 Å². The SMILES string of the molecule is O=C(CCOCC1CCN1)N1CCN2c3ncc(C(F)(F)F)cc3NC2C1. The van der Waals surface area contributed by atoms with E-state index < -0.39 is 11.7 Å². The molecule has 0 spiro atoms. The molecule has 3 aliphatic heterocycles. The van der Waals surface area contributed by atoms with Gasteiger partial charge in [0.2, 0.25) is 5.91 Å². The molecule has 0 radical (unpaired) electrons. The standard InChI is InChI=1S/C17H22F3N5O2/c18-17(19,20)11-7-13-16(22-8-11)25-5-4-24(9-14(25)23-13)15(26)2-6-27-10-12-1-3-21-12/h7-8,12,14,21,23H,1-6,9-10H2. The highest BCUT2D eigenvalue weighted by molar-refractivity contribution is 5.78. The van der Waals surface area contributed by atoms with Crippen molar-refractivity contribution >= 4 is 17.4 Å². The third-order valence-corrected chi connectivity index (χ3v) is 5.23. The maximum Gasteiger partial charge on any atom is 0.417 e. The molecule has 7 nitrogen and oxygen atoms in total. The first-order valence-corrected chi connectivity index (χ1v) is 9.11. The zero-order valence-electron chi connectivity index (χ0n) is 14.8. The fraction of sp³-hybridized carbons (Fsp3) is 0.647. The molecule has 0 aromatic carbocycles. The Morgan fingerprint density at radius 2 is 2.19 bits per heavy atom. The van der Waals surface area contributed by atoms with E-state index in [1.807, 2.05) is 4.90 Å². The van der Waals surface area contributed by atoms with Gasteiger partial charge in [-0.15, -0.1) is 0 Å². The molecular formula is C17H22F3N5O2. The number of rotatable bonds is 5.